The number of amides is 2. The molecule has 0 aromatic heterocycles. The van der Waals surface area contributed by atoms with E-state index in [0.29, 0.717) is 19.4 Å². The maximum absolute atomic E-state index is 11.4. The Morgan fingerprint density at radius 3 is 2.47 bits per heavy atom. The number of carbonyl (C=O) groups excluding carboxylic acids is 2. The lowest BCUT2D eigenvalue weighted by molar-refractivity contribution is -0.137. The number of carbonyl (C=O) groups is 2. The summed E-state index contributed by atoms with van der Waals surface area (Å²) in [4.78, 5) is 25.3. The molecule has 0 aliphatic carbocycles. The normalized spacial score (nSPS) is 15.7. The summed E-state index contributed by atoms with van der Waals surface area (Å²) >= 11 is 5.11. The lowest BCUT2D eigenvalue weighted by atomic mass is 10.4. The van der Waals surface area contributed by atoms with Gasteiger partial charge in [-0.15, -0.1) is 11.8 Å². The monoisotopic (exact) mass is 313 g/mol. The van der Waals surface area contributed by atoms with Gasteiger partial charge in [0.25, 0.3) is 0 Å². The first-order valence-electron chi connectivity index (χ1n) is 5.39. The van der Waals surface area contributed by atoms with Gasteiger partial charge in [0.15, 0.2) is 0 Å². The van der Waals surface area contributed by atoms with E-state index in [1.54, 1.807) is 11.8 Å². The molecule has 1 aliphatic rings. The minimum absolute atomic E-state index is 0.0391. The lowest BCUT2D eigenvalue weighted by Gasteiger charge is -2.13. The Kier molecular flexibility index (Phi) is 4.23. The molecule has 0 N–H and O–H groups in total. The molecule has 5 heteroatoms. The third-order valence-corrected chi connectivity index (χ3v) is 4.57. The zero-order chi connectivity index (χ0) is 12.3. The number of halogens is 1. The summed E-state index contributed by atoms with van der Waals surface area (Å²) in [6, 6.07) is 7.93. The highest BCUT2D eigenvalue weighted by Crippen LogP contribution is 2.27. The molecule has 1 fully saturated rings. The summed E-state index contributed by atoms with van der Waals surface area (Å²) in [7, 11) is 0. The second kappa shape index (κ2) is 5.69. The van der Waals surface area contributed by atoms with Crippen LogP contribution in [0.15, 0.2) is 33.6 Å². The van der Waals surface area contributed by atoms with Crippen molar-refractivity contribution in [1.29, 1.82) is 0 Å². The highest BCUT2D eigenvalue weighted by Gasteiger charge is 2.28. The third-order valence-electron chi connectivity index (χ3n) is 2.56. The van der Waals surface area contributed by atoms with Gasteiger partial charge in [0.1, 0.15) is 0 Å². The van der Waals surface area contributed by atoms with Gasteiger partial charge in [0, 0.05) is 34.5 Å². The van der Waals surface area contributed by atoms with Gasteiger partial charge in [-0.25, -0.2) is 0 Å². The number of rotatable bonds is 4. The van der Waals surface area contributed by atoms with E-state index in [1.165, 1.54) is 4.90 Å². The van der Waals surface area contributed by atoms with Crippen molar-refractivity contribution in [1.82, 2.24) is 4.90 Å². The van der Waals surface area contributed by atoms with E-state index in [1.807, 2.05) is 24.3 Å². The smallest absolute Gasteiger partial charge is 0.229 e. The lowest BCUT2D eigenvalue weighted by Crippen LogP contribution is -2.31. The number of hydrogen-bond donors (Lipinski definition) is 0. The van der Waals surface area contributed by atoms with Crippen molar-refractivity contribution in [3.8, 4) is 0 Å². The van der Waals surface area contributed by atoms with E-state index in [2.05, 4.69) is 15.9 Å². The maximum atomic E-state index is 11.4. The zero-order valence-electron chi connectivity index (χ0n) is 9.19. The molecule has 1 aromatic carbocycles. The molecule has 1 aliphatic heterocycles. The fraction of sp³-hybridized carbons (Fsp3) is 0.333. The largest absolute Gasteiger partial charge is 0.282 e. The van der Waals surface area contributed by atoms with E-state index in [9.17, 15) is 9.59 Å². The van der Waals surface area contributed by atoms with Crippen LogP contribution in [0.5, 0.6) is 0 Å². The Morgan fingerprint density at radius 2 is 1.82 bits per heavy atom. The van der Waals surface area contributed by atoms with Gasteiger partial charge in [-0.05, 0) is 28.1 Å². The molecule has 17 heavy (non-hydrogen) atoms. The first-order valence-corrected chi connectivity index (χ1v) is 7.17. The molecule has 1 saturated heterocycles. The number of thioether (sulfide) groups is 1. The van der Waals surface area contributed by atoms with E-state index in [4.69, 9.17) is 0 Å². The van der Waals surface area contributed by atoms with Crippen LogP contribution in [-0.2, 0) is 9.59 Å². The van der Waals surface area contributed by atoms with Crippen molar-refractivity contribution in [2.45, 2.75) is 17.7 Å². The van der Waals surface area contributed by atoms with Crippen molar-refractivity contribution in [3.05, 3.63) is 28.7 Å². The fourth-order valence-electron chi connectivity index (χ4n) is 1.68. The van der Waals surface area contributed by atoms with E-state index < -0.39 is 0 Å². The molecule has 90 valence electrons. The van der Waals surface area contributed by atoms with E-state index >= 15 is 0 Å². The standard InChI is InChI=1S/C12H12BrNO2S/c13-9-3-1-2-4-10(9)17-8-7-14-11(15)5-6-12(14)16/h1-4H,5-8H2. The molecule has 0 unspecified atom stereocenters. The summed E-state index contributed by atoms with van der Waals surface area (Å²) < 4.78 is 1.05. The van der Waals surface area contributed by atoms with Crippen LogP contribution in [0, 0.1) is 0 Å². The molecule has 3 nitrogen and oxygen atoms in total. The van der Waals surface area contributed by atoms with Gasteiger partial charge in [0.2, 0.25) is 11.8 Å². The van der Waals surface area contributed by atoms with Crippen LogP contribution in [0.25, 0.3) is 0 Å². The number of likely N-dealkylation sites (tertiary alicyclic amines) is 1. The first kappa shape index (κ1) is 12.6. The molecule has 0 spiro atoms. The molecule has 0 radical (unpaired) electrons. The SMILES string of the molecule is O=C1CCC(=O)N1CCSc1ccccc1Br. The van der Waals surface area contributed by atoms with Crippen LogP contribution in [0.3, 0.4) is 0 Å². The molecule has 2 rings (SSSR count). The van der Waals surface area contributed by atoms with Crippen LogP contribution < -0.4 is 0 Å². The van der Waals surface area contributed by atoms with Crippen LogP contribution in [0.4, 0.5) is 0 Å². The second-order valence-corrected chi connectivity index (χ2v) is 5.71. The summed E-state index contributed by atoms with van der Waals surface area (Å²) in [5.74, 6) is 0.658. The van der Waals surface area contributed by atoms with Gasteiger partial charge in [-0.1, -0.05) is 12.1 Å². The van der Waals surface area contributed by atoms with Gasteiger partial charge < -0.3 is 0 Å². The average molecular weight is 314 g/mol. The van der Waals surface area contributed by atoms with Crippen molar-refractivity contribution in [2.75, 3.05) is 12.3 Å². The number of imide groups is 1. The quantitative estimate of drug-likeness (QED) is 0.633. The Morgan fingerprint density at radius 1 is 1.18 bits per heavy atom. The average Bonchev–Trinajstić information content (AvgIpc) is 2.63. The topological polar surface area (TPSA) is 37.4 Å². The molecule has 0 bridgehead atoms. The van der Waals surface area contributed by atoms with Gasteiger partial charge >= 0.3 is 0 Å². The van der Waals surface area contributed by atoms with Gasteiger partial charge in [-0.2, -0.15) is 0 Å². The minimum atomic E-state index is -0.0391. The molecule has 0 saturated carbocycles. The predicted molar refractivity (Wildman–Crippen MR) is 70.8 cm³/mol. The Labute approximate surface area is 113 Å². The molecule has 1 heterocycles. The first-order chi connectivity index (χ1) is 8.18. The van der Waals surface area contributed by atoms with Gasteiger partial charge in [0.05, 0.1) is 0 Å². The van der Waals surface area contributed by atoms with Crippen molar-refractivity contribution in [3.63, 3.8) is 0 Å². The van der Waals surface area contributed by atoms with Gasteiger partial charge in [-0.3, -0.25) is 14.5 Å². The fourth-order valence-corrected chi connectivity index (χ4v) is 3.18. The molecule has 0 atom stereocenters. The Balaban J connectivity index is 1.86. The van der Waals surface area contributed by atoms with Crippen molar-refractivity contribution in [2.24, 2.45) is 0 Å². The maximum Gasteiger partial charge on any atom is 0.229 e. The Bertz CT molecular complexity index is 434. The minimum Gasteiger partial charge on any atom is -0.282 e. The van der Waals surface area contributed by atoms with E-state index in [0.717, 1.165) is 15.1 Å². The summed E-state index contributed by atoms with van der Waals surface area (Å²) in [5.41, 5.74) is 0. The molecule has 2 amide bonds. The summed E-state index contributed by atoms with van der Waals surface area (Å²) in [5, 5.41) is 0. The van der Waals surface area contributed by atoms with Crippen LogP contribution in [0.1, 0.15) is 12.8 Å². The molecule has 1 aromatic rings. The van der Waals surface area contributed by atoms with Crippen molar-refractivity contribution < 1.29 is 9.59 Å². The number of hydrogen-bond acceptors (Lipinski definition) is 3. The molecular formula is C12H12BrNO2S. The zero-order valence-corrected chi connectivity index (χ0v) is 11.6. The van der Waals surface area contributed by atoms with Crippen molar-refractivity contribution >= 4 is 39.5 Å². The highest BCUT2D eigenvalue weighted by atomic mass is 79.9. The predicted octanol–water partition coefficient (Wildman–Crippen LogP) is 2.69. The number of benzene rings is 1. The second-order valence-electron chi connectivity index (χ2n) is 3.72. The third kappa shape index (κ3) is 3.10. The molecular weight excluding hydrogens is 302 g/mol. The van der Waals surface area contributed by atoms with Crippen LogP contribution in [-0.4, -0.2) is 29.0 Å². The number of nitrogens with zero attached hydrogens (tertiary/aromatic N) is 1. The van der Waals surface area contributed by atoms with Crippen LogP contribution in [0.2, 0.25) is 0 Å². The Hall–Kier alpha value is -0.810. The van der Waals surface area contributed by atoms with E-state index in [-0.39, 0.29) is 11.8 Å². The summed E-state index contributed by atoms with van der Waals surface area (Å²) in [6.07, 6.45) is 0.747. The highest BCUT2D eigenvalue weighted by molar-refractivity contribution is 9.10. The van der Waals surface area contributed by atoms with Crippen LogP contribution >= 0.6 is 27.7 Å². The summed E-state index contributed by atoms with van der Waals surface area (Å²) in [6.45, 7) is 0.504.